The van der Waals surface area contributed by atoms with Gasteiger partial charge < -0.3 is 28.5 Å². The van der Waals surface area contributed by atoms with Gasteiger partial charge in [-0.25, -0.2) is 29.5 Å². The number of nitrogens with one attached hydrogen (secondary N) is 1. The molecule has 0 aliphatic heterocycles. The number of nitrogens with zero attached hydrogens (tertiary/aromatic N) is 5. The van der Waals surface area contributed by atoms with Gasteiger partial charge in [-0.1, -0.05) is 31.7 Å². The Morgan fingerprint density at radius 3 is 1.92 bits per heavy atom. The summed E-state index contributed by atoms with van der Waals surface area (Å²) in [5.41, 5.74) is 13.1. The van der Waals surface area contributed by atoms with Crippen LogP contribution in [0.1, 0.15) is 53.4 Å². The highest BCUT2D eigenvalue weighted by molar-refractivity contribution is 7.17. The molecule has 14 heteroatoms. The predicted octanol–water partition coefficient (Wildman–Crippen LogP) is 10.5. The number of aryl methyl sites for hydroxylation is 1. The third-order valence-corrected chi connectivity index (χ3v) is 11.4. The minimum absolute atomic E-state index is 0. The average Bonchev–Trinajstić information content (AvgIpc) is 4.06. The summed E-state index contributed by atoms with van der Waals surface area (Å²) in [6.07, 6.45) is 3.33. The number of methoxy groups -OCH3 is 2. The highest BCUT2D eigenvalue weighted by Crippen LogP contribution is 2.44. The molecule has 6 aromatic heterocycles. The highest BCUT2D eigenvalue weighted by atomic mass is 32.1. The maximum absolute atomic E-state index is 13.5. The number of carbonyl (C=O) groups excluding carboxylic acids is 2. The molecule has 0 aliphatic rings. The van der Waals surface area contributed by atoms with Crippen molar-refractivity contribution in [3.63, 3.8) is 0 Å². The van der Waals surface area contributed by atoms with Crippen LogP contribution in [0.15, 0.2) is 96.2 Å². The van der Waals surface area contributed by atoms with Gasteiger partial charge in [-0.05, 0) is 80.4 Å². The second-order valence-corrected chi connectivity index (χ2v) is 14.8. The third kappa shape index (κ3) is 7.36. The molecule has 0 bridgehead atoms. The van der Waals surface area contributed by atoms with Crippen molar-refractivity contribution in [3.8, 4) is 34.0 Å². The first kappa shape index (κ1) is 40.6. The van der Waals surface area contributed by atoms with Crippen LogP contribution in [0.4, 0.5) is 0 Å². The number of thiazole rings is 2. The topological polar surface area (TPSA) is 143 Å². The van der Waals surface area contributed by atoms with Crippen LogP contribution in [-0.4, -0.2) is 68.9 Å². The number of ether oxygens (including phenoxy) is 4. The molecule has 0 saturated carbocycles. The number of hydrogen-bond donors (Lipinski definition) is 1. The van der Waals surface area contributed by atoms with Crippen LogP contribution in [-0.2, 0) is 16.0 Å². The Balaban J connectivity index is 0.000000183. The van der Waals surface area contributed by atoms with Crippen molar-refractivity contribution in [3.05, 3.63) is 119 Å². The first-order chi connectivity index (χ1) is 28.4. The molecule has 1 N–H and O–H groups in total. The zero-order chi connectivity index (χ0) is 40.3. The van der Waals surface area contributed by atoms with Gasteiger partial charge in [0.1, 0.15) is 11.4 Å². The Kier molecular flexibility index (Phi) is 12.0. The number of carbonyl (C=O) groups is 2. The van der Waals surface area contributed by atoms with Gasteiger partial charge in [-0.2, -0.15) is 0 Å². The Morgan fingerprint density at radius 1 is 0.695 bits per heavy atom. The lowest BCUT2D eigenvalue weighted by Gasteiger charge is -2.14. The molecule has 0 amide bonds. The van der Waals surface area contributed by atoms with E-state index in [4.69, 9.17) is 18.9 Å². The molecule has 0 spiro atoms. The molecule has 0 fully saturated rings. The normalized spacial score (nSPS) is 11.0. The van der Waals surface area contributed by atoms with E-state index in [9.17, 15) is 9.59 Å². The van der Waals surface area contributed by atoms with Crippen LogP contribution in [0, 0.1) is 6.92 Å². The summed E-state index contributed by atoms with van der Waals surface area (Å²) in [4.78, 5) is 47.0. The Bertz CT molecular complexity index is 2960. The molecule has 0 radical (unpaired) electrons. The fourth-order valence-electron chi connectivity index (χ4n) is 7.29. The van der Waals surface area contributed by atoms with Crippen molar-refractivity contribution in [2.75, 3.05) is 27.4 Å². The molecule has 0 aliphatic carbocycles. The van der Waals surface area contributed by atoms with Gasteiger partial charge in [0.05, 0.1) is 64.4 Å². The van der Waals surface area contributed by atoms with Crippen LogP contribution in [0.2, 0.25) is 0 Å². The number of aromatic amines is 1. The molecule has 12 nitrogen and oxygen atoms in total. The van der Waals surface area contributed by atoms with Crippen molar-refractivity contribution >= 4 is 76.9 Å². The second-order valence-electron chi connectivity index (χ2n) is 13.0. The maximum atomic E-state index is 13.5. The lowest BCUT2D eigenvalue weighted by Crippen LogP contribution is -2.14. The number of esters is 2. The fourth-order valence-corrected chi connectivity index (χ4v) is 8.65. The van der Waals surface area contributed by atoms with Crippen LogP contribution in [0.5, 0.6) is 11.8 Å². The summed E-state index contributed by atoms with van der Waals surface area (Å²) in [5, 5.41) is 1.77. The largest absolute Gasteiger partial charge is 0.481 e. The van der Waals surface area contributed by atoms with E-state index in [1.807, 2.05) is 65.5 Å². The molecule has 9 aromatic rings. The van der Waals surface area contributed by atoms with Crippen LogP contribution >= 0.6 is 22.7 Å². The Morgan fingerprint density at radius 2 is 1.29 bits per heavy atom. The zero-order valence-corrected chi connectivity index (χ0v) is 34.0. The first-order valence-electron chi connectivity index (χ1n) is 18.5. The van der Waals surface area contributed by atoms with Crippen molar-refractivity contribution in [2.24, 2.45) is 0 Å². The number of fused-ring (bicyclic) bond motifs is 6. The van der Waals surface area contributed by atoms with Gasteiger partial charge in [0, 0.05) is 57.5 Å². The van der Waals surface area contributed by atoms with E-state index in [0.717, 1.165) is 70.1 Å². The van der Waals surface area contributed by atoms with E-state index in [1.54, 1.807) is 61.7 Å². The molecular weight excluding hydrogens is 785 g/mol. The van der Waals surface area contributed by atoms with Crippen molar-refractivity contribution in [2.45, 2.75) is 34.7 Å². The molecule has 0 atom stereocenters. The van der Waals surface area contributed by atoms with E-state index >= 15 is 0 Å². The van der Waals surface area contributed by atoms with Crippen molar-refractivity contribution in [1.29, 1.82) is 0 Å². The number of hydrogen-bond acceptors (Lipinski definition) is 12. The second kappa shape index (κ2) is 17.5. The van der Waals surface area contributed by atoms with Crippen LogP contribution in [0.3, 0.4) is 0 Å². The van der Waals surface area contributed by atoms with Crippen molar-refractivity contribution < 1.29 is 28.5 Å². The minimum atomic E-state index is -0.414. The van der Waals surface area contributed by atoms with Crippen LogP contribution < -0.4 is 9.47 Å². The summed E-state index contributed by atoms with van der Waals surface area (Å²) in [7, 11) is 3.14. The average molecular weight is 827 g/mol. The highest BCUT2D eigenvalue weighted by Gasteiger charge is 2.30. The minimum Gasteiger partial charge on any atom is -0.481 e. The lowest BCUT2D eigenvalue weighted by atomic mass is 10.0. The quantitative estimate of drug-likeness (QED) is 0.132. The van der Waals surface area contributed by atoms with Crippen molar-refractivity contribution in [1.82, 2.24) is 29.5 Å². The molecule has 300 valence electrons. The van der Waals surface area contributed by atoms with Gasteiger partial charge in [-0.3, -0.25) is 0 Å². The molecule has 0 saturated heterocycles. The lowest BCUT2D eigenvalue weighted by molar-refractivity contribution is 0.0509. The van der Waals surface area contributed by atoms with E-state index in [0.29, 0.717) is 41.9 Å². The summed E-state index contributed by atoms with van der Waals surface area (Å²) in [6.45, 7) is 6.77. The molecule has 59 heavy (non-hydrogen) atoms. The number of benzene rings is 3. The summed E-state index contributed by atoms with van der Waals surface area (Å²) in [5.74, 6) is 0.0981. The van der Waals surface area contributed by atoms with E-state index in [1.165, 1.54) is 0 Å². The predicted molar refractivity (Wildman–Crippen MR) is 235 cm³/mol. The van der Waals surface area contributed by atoms with Gasteiger partial charge in [-0.15, -0.1) is 22.7 Å². The smallest absolute Gasteiger partial charge is 0.355 e. The zero-order valence-electron chi connectivity index (χ0n) is 32.4. The number of aromatic nitrogens is 6. The van der Waals surface area contributed by atoms with E-state index in [-0.39, 0.29) is 20.0 Å². The van der Waals surface area contributed by atoms with Gasteiger partial charge >= 0.3 is 11.9 Å². The fraction of sp³-hybridized carbons (Fsp3) is 0.200. The summed E-state index contributed by atoms with van der Waals surface area (Å²) >= 11 is 3.13. The number of H-pyrrole nitrogens is 1. The molecule has 9 rings (SSSR count). The molecular formula is C45H42N6O6S2. The van der Waals surface area contributed by atoms with Gasteiger partial charge in [0.25, 0.3) is 0 Å². The van der Waals surface area contributed by atoms with Gasteiger partial charge in [0.2, 0.25) is 11.8 Å². The standard InChI is InChI=1S/C26H23N3O3S.C18H15N3O3S.CH4/c1-4-32-26(30)24-21(18-10-7-13-27-25(18)31-3)22-19(11-12-20-23(22)28-15-33-20)29(24)14-17-9-6-5-8-16(17)2;1-3-24-18(22)16-13(10-5-4-8-19-17(10)23-2)14-11(21-16)6-7-12-15(14)20-9-25-12;/h5-13,15H,4,14H2,1-3H3;4-9,21H,3H2,1-2H3;1H4. The first-order valence-corrected chi connectivity index (χ1v) is 20.3. The number of rotatable bonds is 10. The third-order valence-electron chi connectivity index (χ3n) is 9.80. The SMILES string of the molecule is C.CCOC(=O)c1[nH]c2ccc3scnc3c2c1-c1cccnc1OC.CCOC(=O)c1c(-c2cccnc2OC)c2c3ncsc3ccc2n1Cc1ccccc1C. The molecule has 6 heterocycles. The summed E-state index contributed by atoms with van der Waals surface area (Å²) in [6, 6.07) is 23.7. The monoisotopic (exact) mass is 826 g/mol. The summed E-state index contributed by atoms with van der Waals surface area (Å²) < 4.78 is 25.9. The van der Waals surface area contributed by atoms with Crippen LogP contribution in [0.25, 0.3) is 64.5 Å². The Labute approximate surface area is 348 Å². The molecule has 3 aromatic carbocycles. The van der Waals surface area contributed by atoms with E-state index < -0.39 is 5.97 Å². The maximum Gasteiger partial charge on any atom is 0.355 e. The number of pyridine rings is 2. The van der Waals surface area contributed by atoms with Gasteiger partial charge in [0.15, 0.2) is 0 Å². The van der Waals surface area contributed by atoms with E-state index in [2.05, 4.69) is 56.1 Å². The Hall–Kier alpha value is -6.64. The molecule has 0 unspecified atom stereocenters.